The summed E-state index contributed by atoms with van der Waals surface area (Å²) in [6, 6.07) is 0. The van der Waals surface area contributed by atoms with Gasteiger partial charge in [0.25, 0.3) is 0 Å². The molecule has 0 N–H and O–H groups in total. The Hall–Kier alpha value is -0.725. The lowest BCUT2D eigenvalue weighted by Crippen LogP contribution is -2.18. The van der Waals surface area contributed by atoms with Crippen LogP contribution in [-0.2, 0) is 9.53 Å². The lowest BCUT2D eigenvalue weighted by molar-refractivity contribution is -0.145. The smallest absolute Gasteiger partial charge is 0.308 e. The second kappa shape index (κ2) is 3.60. The quantitative estimate of drug-likeness (QED) is 0.411. The van der Waals surface area contributed by atoms with E-state index < -0.39 is 0 Å². The predicted molar refractivity (Wildman–Crippen MR) is 43.2 cm³/mol. The number of esters is 1. The number of hydrogen-bond acceptors (Lipinski definition) is 2. The van der Waals surface area contributed by atoms with Crippen LogP contribution in [0.2, 0.25) is 0 Å². The Morgan fingerprint density at radius 1 is 1.82 bits per heavy atom. The molecular weight excluding hydrogens is 139 g/mol. The SMILES string of the molecule is [B]C1=CCC(C(=O)OC)CC1. The Morgan fingerprint density at radius 2 is 2.55 bits per heavy atom. The van der Waals surface area contributed by atoms with Gasteiger partial charge in [-0.2, -0.15) is 0 Å². The van der Waals surface area contributed by atoms with Crippen molar-refractivity contribution in [3.63, 3.8) is 0 Å². The second-order valence-electron chi connectivity index (χ2n) is 2.77. The fraction of sp³-hybridized carbons (Fsp3) is 0.625. The monoisotopic (exact) mass is 150 g/mol. The van der Waals surface area contributed by atoms with E-state index in [1.807, 2.05) is 6.08 Å². The average Bonchev–Trinajstić information content (AvgIpc) is 2.05. The first-order valence-electron chi connectivity index (χ1n) is 3.76. The zero-order chi connectivity index (χ0) is 8.27. The minimum Gasteiger partial charge on any atom is -0.469 e. The van der Waals surface area contributed by atoms with Gasteiger partial charge in [-0.15, -0.1) is 5.47 Å². The molecule has 0 amide bonds. The third-order valence-corrected chi connectivity index (χ3v) is 1.98. The Morgan fingerprint density at radius 3 is 3.00 bits per heavy atom. The van der Waals surface area contributed by atoms with Gasteiger partial charge in [-0.25, -0.2) is 0 Å². The highest BCUT2D eigenvalue weighted by molar-refractivity contribution is 6.21. The summed E-state index contributed by atoms with van der Waals surface area (Å²) in [7, 11) is 6.97. The molecule has 3 heteroatoms. The van der Waals surface area contributed by atoms with Gasteiger partial charge in [0, 0.05) is 0 Å². The molecule has 1 atom stereocenters. The Balaban J connectivity index is 2.47. The Labute approximate surface area is 68.0 Å². The molecule has 1 rings (SSSR count). The van der Waals surface area contributed by atoms with E-state index >= 15 is 0 Å². The molecule has 2 nitrogen and oxygen atoms in total. The maximum atomic E-state index is 11.0. The van der Waals surface area contributed by atoms with Gasteiger partial charge in [0.15, 0.2) is 0 Å². The number of carbonyl (C=O) groups is 1. The molecule has 2 radical (unpaired) electrons. The molecule has 0 saturated heterocycles. The first kappa shape index (κ1) is 8.37. The van der Waals surface area contributed by atoms with Gasteiger partial charge in [-0.1, -0.05) is 6.08 Å². The van der Waals surface area contributed by atoms with Crippen LogP contribution >= 0.6 is 0 Å². The summed E-state index contributed by atoms with van der Waals surface area (Å²) in [5.74, 6) is -0.0824. The van der Waals surface area contributed by atoms with Crippen LogP contribution in [0.3, 0.4) is 0 Å². The Kier molecular flexibility index (Phi) is 2.74. The third kappa shape index (κ3) is 2.10. The van der Waals surface area contributed by atoms with Crippen LogP contribution in [0.4, 0.5) is 0 Å². The summed E-state index contributed by atoms with van der Waals surface area (Å²) in [6.45, 7) is 0. The van der Waals surface area contributed by atoms with Gasteiger partial charge in [0.05, 0.1) is 13.0 Å². The minimum atomic E-state index is -0.117. The van der Waals surface area contributed by atoms with Gasteiger partial charge in [-0.3, -0.25) is 4.79 Å². The molecule has 11 heavy (non-hydrogen) atoms. The van der Waals surface area contributed by atoms with E-state index in [1.165, 1.54) is 7.11 Å². The standard InChI is InChI=1S/C8H11BO2/c1-11-8(10)6-2-4-7(9)5-3-6/h4,6H,2-3,5H2,1H3. The van der Waals surface area contributed by atoms with E-state index in [-0.39, 0.29) is 11.9 Å². The van der Waals surface area contributed by atoms with Gasteiger partial charge < -0.3 is 4.74 Å². The third-order valence-electron chi connectivity index (χ3n) is 1.98. The van der Waals surface area contributed by atoms with Crippen molar-refractivity contribution in [2.24, 2.45) is 5.92 Å². The molecule has 0 aromatic carbocycles. The van der Waals surface area contributed by atoms with Crippen LogP contribution in [0.15, 0.2) is 11.5 Å². The van der Waals surface area contributed by atoms with E-state index in [0.717, 1.165) is 24.7 Å². The molecule has 0 bridgehead atoms. The summed E-state index contributed by atoms with van der Waals surface area (Å²) in [4.78, 5) is 11.0. The molecule has 0 spiro atoms. The minimum absolute atomic E-state index is 0.0345. The highest BCUT2D eigenvalue weighted by Gasteiger charge is 2.20. The summed E-state index contributed by atoms with van der Waals surface area (Å²) < 4.78 is 4.62. The van der Waals surface area contributed by atoms with Crippen molar-refractivity contribution in [1.82, 2.24) is 0 Å². The maximum Gasteiger partial charge on any atom is 0.308 e. The number of carbonyl (C=O) groups excluding carboxylic acids is 1. The molecule has 1 unspecified atom stereocenters. The summed E-state index contributed by atoms with van der Waals surface area (Å²) >= 11 is 0. The fourth-order valence-electron chi connectivity index (χ4n) is 1.24. The van der Waals surface area contributed by atoms with Crippen LogP contribution in [0.25, 0.3) is 0 Å². The lowest BCUT2D eigenvalue weighted by Gasteiger charge is -2.17. The van der Waals surface area contributed by atoms with E-state index in [1.54, 1.807) is 0 Å². The molecule has 0 fully saturated rings. The lowest BCUT2D eigenvalue weighted by atomic mass is 9.81. The summed E-state index contributed by atoms with van der Waals surface area (Å²) in [5.41, 5.74) is 0.894. The van der Waals surface area contributed by atoms with E-state index in [0.29, 0.717) is 0 Å². The molecule has 0 saturated carbocycles. The maximum absolute atomic E-state index is 11.0. The van der Waals surface area contributed by atoms with Gasteiger partial charge in [0.2, 0.25) is 0 Å². The van der Waals surface area contributed by atoms with E-state index in [2.05, 4.69) is 4.74 Å². The fourth-order valence-corrected chi connectivity index (χ4v) is 1.24. The molecule has 58 valence electrons. The largest absolute Gasteiger partial charge is 0.469 e. The summed E-state index contributed by atoms with van der Waals surface area (Å²) in [6.07, 6.45) is 4.29. The second-order valence-corrected chi connectivity index (χ2v) is 2.77. The Bertz CT molecular complexity index is 187. The molecule has 0 aromatic heterocycles. The van der Waals surface area contributed by atoms with Crippen molar-refractivity contribution in [3.8, 4) is 0 Å². The van der Waals surface area contributed by atoms with Crippen LogP contribution in [0, 0.1) is 5.92 Å². The summed E-state index contributed by atoms with van der Waals surface area (Å²) in [5, 5.41) is 0. The van der Waals surface area contributed by atoms with Crippen LogP contribution in [0.5, 0.6) is 0 Å². The first-order valence-corrected chi connectivity index (χ1v) is 3.76. The highest BCUT2D eigenvalue weighted by atomic mass is 16.5. The van der Waals surface area contributed by atoms with E-state index in [4.69, 9.17) is 7.85 Å². The highest BCUT2D eigenvalue weighted by Crippen LogP contribution is 2.22. The van der Waals surface area contributed by atoms with Crippen LogP contribution < -0.4 is 0 Å². The first-order chi connectivity index (χ1) is 5.24. The van der Waals surface area contributed by atoms with Gasteiger partial charge in [0.1, 0.15) is 7.85 Å². The van der Waals surface area contributed by atoms with Crippen LogP contribution in [0.1, 0.15) is 19.3 Å². The molecule has 1 aliphatic rings. The molecule has 1 aliphatic carbocycles. The number of ether oxygens (including phenoxy) is 1. The van der Waals surface area contributed by atoms with Crippen LogP contribution in [-0.4, -0.2) is 20.9 Å². The van der Waals surface area contributed by atoms with Crippen molar-refractivity contribution in [1.29, 1.82) is 0 Å². The van der Waals surface area contributed by atoms with Crippen molar-refractivity contribution < 1.29 is 9.53 Å². The van der Waals surface area contributed by atoms with Crippen molar-refractivity contribution in [2.45, 2.75) is 19.3 Å². The molecular formula is C8H11BO2. The number of hydrogen-bond donors (Lipinski definition) is 0. The molecule has 0 aromatic rings. The van der Waals surface area contributed by atoms with Crippen molar-refractivity contribution in [3.05, 3.63) is 11.5 Å². The normalized spacial score (nSPS) is 24.1. The predicted octanol–water partition coefficient (Wildman–Crippen LogP) is 1.01. The number of methoxy groups -OCH3 is 1. The van der Waals surface area contributed by atoms with Gasteiger partial charge in [-0.05, 0) is 19.3 Å². The topological polar surface area (TPSA) is 26.3 Å². The van der Waals surface area contributed by atoms with E-state index in [9.17, 15) is 4.79 Å². The average molecular weight is 150 g/mol. The number of rotatable bonds is 1. The van der Waals surface area contributed by atoms with Crippen molar-refractivity contribution >= 4 is 13.8 Å². The zero-order valence-corrected chi connectivity index (χ0v) is 6.67. The number of allylic oxidation sites excluding steroid dienone is 2. The zero-order valence-electron chi connectivity index (χ0n) is 6.67. The molecule has 0 heterocycles. The van der Waals surface area contributed by atoms with Crippen molar-refractivity contribution in [2.75, 3.05) is 7.11 Å². The molecule has 0 aliphatic heterocycles. The van der Waals surface area contributed by atoms with Gasteiger partial charge >= 0.3 is 5.97 Å².